The van der Waals surface area contributed by atoms with Gasteiger partial charge in [0.15, 0.2) is 0 Å². The number of rotatable bonds is 1. The Morgan fingerprint density at radius 2 is 2.15 bits per heavy atom. The Kier molecular flexibility index (Phi) is 6.79. The van der Waals surface area contributed by atoms with Gasteiger partial charge in [-0.2, -0.15) is 0 Å². The molecule has 0 aromatic carbocycles. The van der Waals surface area contributed by atoms with Crippen LogP contribution in [0.25, 0.3) is 0 Å². The number of ether oxygens (including phenoxy) is 1. The van der Waals surface area contributed by atoms with Crippen molar-refractivity contribution in [2.75, 3.05) is 13.2 Å². The van der Waals surface area contributed by atoms with E-state index in [0.29, 0.717) is 0 Å². The van der Waals surface area contributed by atoms with Gasteiger partial charge in [-0.3, -0.25) is 0 Å². The summed E-state index contributed by atoms with van der Waals surface area (Å²) < 4.78 is 5.37. The molecule has 0 aromatic rings. The van der Waals surface area contributed by atoms with Crippen LogP contribution in [0, 0.1) is 0 Å². The van der Waals surface area contributed by atoms with E-state index < -0.39 is 0 Å². The van der Waals surface area contributed by atoms with Gasteiger partial charge in [-0.25, -0.2) is 0 Å². The Bertz CT molecular complexity index is 204. The summed E-state index contributed by atoms with van der Waals surface area (Å²) in [7, 11) is 0. The van der Waals surface area contributed by atoms with Gasteiger partial charge in [-0.05, 0) is 19.1 Å². The molecular formula is C11H19NO. The van der Waals surface area contributed by atoms with Crippen LogP contribution in [0.15, 0.2) is 36.3 Å². The van der Waals surface area contributed by atoms with Gasteiger partial charge in [0.1, 0.15) is 12.4 Å². The molecule has 0 atom stereocenters. The first-order valence-corrected chi connectivity index (χ1v) is 4.74. The molecule has 0 spiro atoms. The monoisotopic (exact) mass is 181 g/mol. The lowest BCUT2D eigenvalue weighted by molar-refractivity contribution is 0.196. The van der Waals surface area contributed by atoms with Gasteiger partial charge >= 0.3 is 0 Å². The molecular weight excluding hydrogens is 162 g/mol. The summed E-state index contributed by atoms with van der Waals surface area (Å²) in [5, 5.41) is 3.22. The highest BCUT2D eigenvalue weighted by molar-refractivity contribution is 5.28. The Balaban J connectivity index is 0.000000671. The SMILES string of the molecule is C=C/C=C1/NCCO/C1=C/C.CC. The van der Waals surface area contributed by atoms with E-state index in [9.17, 15) is 0 Å². The van der Waals surface area contributed by atoms with Crippen molar-refractivity contribution in [3.05, 3.63) is 36.3 Å². The fourth-order valence-corrected chi connectivity index (χ4v) is 1.01. The van der Waals surface area contributed by atoms with E-state index in [4.69, 9.17) is 4.74 Å². The lowest BCUT2D eigenvalue weighted by atomic mass is 10.3. The van der Waals surface area contributed by atoms with Gasteiger partial charge in [0.05, 0.1) is 5.70 Å². The lowest BCUT2D eigenvalue weighted by Gasteiger charge is -2.20. The summed E-state index contributed by atoms with van der Waals surface area (Å²) in [4.78, 5) is 0. The predicted molar refractivity (Wildman–Crippen MR) is 57.3 cm³/mol. The lowest BCUT2D eigenvalue weighted by Crippen LogP contribution is -2.27. The second-order valence-corrected chi connectivity index (χ2v) is 2.24. The van der Waals surface area contributed by atoms with E-state index in [0.717, 1.165) is 24.6 Å². The van der Waals surface area contributed by atoms with Crippen LogP contribution in [0.4, 0.5) is 0 Å². The molecule has 1 N–H and O–H groups in total. The van der Waals surface area contributed by atoms with Gasteiger partial charge in [0, 0.05) is 6.54 Å². The smallest absolute Gasteiger partial charge is 0.138 e. The van der Waals surface area contributed by atoms with Crippen molar-refractivity contribution in [2.45, 2.75) is 20.8 Å². The number of morpholine rings is 1. The van der Waals surface area contributed by atoms with Crippen molar-refractivity contribution in [1.29, 1.82) is 0 Å². The molecule has 0 aromatic heterocycles. The highest BCUT2D eigenvalue weighted by Crippen LogP contribution is 2.11. The second kappa shape index (κ2) is 7.47. The van der Waals surface area contributed by atoms with E-state index in [-0.39, 0.29) is 0 Å². The van der Waals surface area contributed by atoms with Crippen LogP contribution in [0.1, 0.15) is 20.8 Å². The van der Waals surface area contributed by atoms with Crippen molar-refractivity contribution < 1.29 is 4.74 Å². The molecule has 0 saturated carbocycles. The topological polar surface area (TPSA) is 21.3 Å². The molecule has 0 amide bonds. The molecule has 1 aliphatic heterocycles. The molecule has 1 aliphatic rings. The molecule has 0 aliphatic carbocycles. The standard InChI is InChI=1S/C9H13NO.C2H6/c1-3-5-8-9(4-2)11-7-6-10-8;1-2/h3-5,10H,1,6-7H2,2H3;1-2H3/b8-5+,9-4+;. The number of hydrogen-bond donors (Lipinski definition) is 1. The van der Waals surface area contributed by atoms with Crippen LogP contribution in [0.5, 0.6) is 0 Å². The van der Waals surface area contributed by atoms with Gasteiger partial charge in [0.2, 0.25) is 0 Å². The van der Waals surface area contributed by atoms with E-state index in [2.05, 4.69) is 11.9 Å². The number of nitrogens with one attached hydrogen (secondary N) is 1. The fraction of sp³-hybridized carbons (Fsp3) is 0.455. The molecule has 0 bridgehead atoms. The Hall–Kier alpha value is -1.18. The van der Waals surface area contributed by atoms with E-state index in [1.165, 1.54) is 0 Å². The third kappa shape index (κ3) is 3.83. The zero-order chi connectivity index (χ0) is 10.1. The summed E-state index contributed by atoms with van der Waals surface area (Å²) in [5.41, 5.74) is 1.02. The van der Waals surface area contributed by atoms with Crippen LogP contribution >= 0.6 is 0 Å². The van der Waals surface area contributed by atoms with Crippen LogP contribution in [-0.2, 0) is 4.74 Å². The highest BCUT2D eigenvalue weighted by atomic mass is 16.5. The average molecular weight is 181 g/mol. The molecule has 1 heterocycles. The van der Waals surface area contributed by atoms with E-state index >= 15 is 0 Å². The predicted octanol–water partition coefficient (Wildman–Crippen LogP) is 2.61. The summed E-state index contributed by atoms with van der Waals surface area (Å²) >= 11 is 0. The minimum absolute atomic E-state index is 0.744. The average Bonchev–Trinajstić information content (AvgIpc) is 2.22. The molecule has 2 heteroatoms. The summed E-state index contributed by atoms with van der Waals surface area (Å²) in [6.07, 6.45) is 5.61. The third-order valence-corrected chi connectivity index (χ3v) is 1.49. The summed E-state index contributed by atoms with van der Waals surface area (Å²) in [6, 6.07) is 0. The largest absolute Gasteiger partial charge is 0.490 e. The van der Waals surface area contributed by atoms with Crippen molar-refractivity contribution in [1.82, 2.24) is 5.32 Å². The quantitative estimate of drug-likeness (QED) is 0.671. The molecule has 0 radical (unpaired) electrons. The number of allylic oxidation sites excluding steroid dienone is 3. The Morgan fingerprint density at radius 1 is 1.46 bits per heavy atom. The minimum Gasteiger partial charge on any atom is -0.490 e. The zero-order valence-electron chi connectivity index (χ0n) is 8.76. The van der Waals surface area contributed by atoms with E-state index in [1.807, 2.05) is 32.9 Å². The van der Waals surface area contributed by atoms with Crippen LogP contribution in [-0.4, -0.2) is 13.2 Å². The van der Waals surface area contributed by atoms with Crippen LogP contribution in [0.2, 0.25) is 0 Å². The first kappa shape index (κ1) is 11.8. The van der Waals surface area contributed by atoms with Gasteiger partial charge < -0.3 is 10.1 Å². The fourth-order valence-electron chi connectivity index (χ4n) is 1.01. The maximum atomic E-state index is 5.37. The molecule has 13 heavy (non-hydrogen) atoms. The maximum Gasteiger partial charge on any atom is 0.138 e. The summed E-state index contributed by atoms with van der Waals surface area (Å²) in [6.45, 7) is 11.2. The van der Waals surface area contributed by atoms with Crippen molar-refractivity contribution >= 4 is 0 Å². The minimum atomic E-state index is 0.744. The Labute approximate surface area is 81.0 Å². The van der Waals surface area contributed by atoms with Gasteiger partial charge in [-0.1, -0.05) is 26.5 Å². The zero-order valence-corrected chi connectivity index (χ0v) is 8.76. The molecule has 1 saturated heterocycles. The molecule has 1 fully saturated rings. The van der Waals surface area contributed by atoms with Crippen LogP contribution in [0.3, 0.4) is 0 Å². The van der Waals surface area contributed by atoms with Crippen molar-refractivity contribution in [3.63, 3.8) is 0 Å². The van der Waals surface area contributed by atoms with Crippen molar-refractivity contribution in [3.8, 4) is 0 Å². The number of hydrogen-bond acceptors (Lipinski definition) is 2. The highest BCUT2D eigenvalue weighted by Gasteiger charge is 2.08. The van der Waals surface area contributed by atoms with Gasteiger partial charge in [-0.15, -0.1) is 0 Å². The van der Waals surface area contributed by atoms with Gasteiger partial charge in [0.25, 0.3) is 0 Å². The maximum absolute atomic E-state index is 5.37. The third-order valence-electron chi connectivity index (χ3n) is 1.49. The molecule has 74 valence electrons. The van der Waals surface area contributed by atoms with Crippen molar-refractivity contribution in [2.24, 2.45) is 0 Å². The first-order chi connectivity index (χ1) is 6.38. The van der Waals surface area contributed by atoms with Crippen LogP contribution < -0.4 is 5.32 Å². The summed E-state index contributed by atoms with van der Waals surface area (Å²) in [5.74, 6) is 0.913. The van der Waals surface area contributed by atoms with E-state index in [1.54, 1.807) is 6.08 Å². The molecule has 1 rings (SSSR count). The molecule has 0 unspecified atom stereocenters. The first-order valence-electron chi connectivity index (χ1n) is 4.74. The Morgan fingerprint density at radius 3 is 2.69 bits per heavy atom. The molecule has 2 nitrogen and oxygen atoms in total. The second-order valence-electron chi connectivity index (χ2n) is 2.24. The normalized spacial score (nSPS) is 21.2.